The SMILES string of the molecule is CC(C)c1cnc(CN2CCN(CC(=O)N3CCCCCC3)CC2)s1. The molecule has 0 bridgehead atoms. The molecule has 5 nitrogen and oxygen atoms in total. The zero-order valence-electron chi connectivity index (χ0n) is 15.7. The van der Waals surface area contributed by atoms with E-state index in [4.69, 9.17) is 0 Å². The van der Waals surface area contributed by atoms with Crippen molar-refractivity contribution < 1.29 is 4.79 Å². The molecular weight excluding hydrogens is 332 g/mol. The minimum absolute atomic E-state index is 0.330. The minimum Gasteiger partial charge on any atom is -0.342 e. The van der Waals surface area contributed by atoms with Crippen molar-refractivity contribution in [2.45, 2.75) is 52.0 Å². The Balaban J connectivity index is 1.41. The van der Waals surface area contributed by atoms with Gasteiger partial charge < -0.3 is 4.90 Å². The fourth-order valence-electron chi connectivity index (χ4n) is 3.57. The molecule has 0 spiro atoms. The summed E-state index contributed by atoms with van der Waals surface area (Å²) in [6.07, 6.45) is 6.92. The van der Waals surface area contributed by atoms with E-state index in [1.807, 2.05) is 17.5 Å². The molecule has 2 aliphatic rings. The summed E-state index contributed by atoms with van der Waals surface area (Å²) in [5, 5.41) is 1.22. The molecular formula is C19H32N4OS. The number of hydrogen-bond acceptors (Lipinski definition) is 5. The predicted molar refractivity (Wildman–Crippen MR) is 103 cm³/mol. The van der Waals surface area contributed by atoms with E-state index in [9.17, 15) is 4.79 Å². The lowest BCUT2D eigenvalue weighted by molar-refractivity contribution is -0.132. The Labute approximate surface area is 156 Å². The lowest BCUT2D eigenvalue weighted by Crippen LogP contribution is -2.49. The van der Waals surface area contributed by atoms with Gasteiger partial charge in [-0.25, -0.2) is 4.98 Å². The van der Waals surface area contributed by atoms with Crippen molar-refractivity contribution in [1.82, 2.24) is 19.7 Å². The first kappa shape index (κ1) is 18.8. The van der Waals surface area contributed by atoms with Gasteiger partial charge in [-0.2, -0.15) is 0 Å². The number of likely N-dealkylation sites (tertiary alicyclic amines) is 1. The highest BCUT2D eigenvalue weighted by molar-refractivity contribution is 7.11. The van der Waals surface area contributed by atoms with Crippen molar-refractivity contribution in [3.05, 3.63) is 16.1 Å². The topological polar surface area (TPSA) is 39.7 Å². The fourth-order valence-corrected chi connectivity index (χ4v) is 4.54. The lowest BCUT2D eigenvalue weighted by Gasteiger charge is -2.34. The van der Waals surface area contributed by atoms with Gasteiger partial charge in [-0.05, 0) is 18.8 Å². The van der Waals surface area contributed by atoms with Crippen LogP contribution in [0.2, 0.25) is 0 Å². The quantitative estimate of drug-likeness (QED) is 0.805. The van der Waals surface area contributed by atoms with Crippen molar-refractivity contribution in [2.75, 3.05) is 45.8 Å². The van der Waals surface area contributed by atoms with Gasteiger partial charge in [0, 0.05) is 50.3 Å². The molecule has 140 valence electrons. The van der Waals surface area contributed by atoms with Crippen LogP contribution in [0.25, 0.3) is 0 Å². The molecule has 25 heavy (non-hydrogen) atoms. The number of amides is 1. The number of nitrogens with zero attached hydrogens (tertiary/aromatic N) is 4. The van der Waals surface area contributed by atoms with Gasteiger partial charge >= 0.3 is 0 Å². The summed E-state index contributed by atoms with van der Waals surface area (Å²) in [5.74, 6) is 0.893. The Morgan fingerprint density at radius 2 is 1.68 bits per heavy atom. The standard InChI is InChI=1S/C19H32N4OS/c1-16(2)17-13-20-18(25-17)14-21-9-11-22(12-10-21)15-19(24)23-7-5-3-4-6-8-23/h13,16H,3-12,14-15H2,1-2H3. The summed E-state index contributed by atoms with van der Waals surface area (Å²) in [4.78, 5) is 25.3. The number of rotatable bonds is 5. The minimum atomic E-state index is 0.330. The van der Waals surface area contributed by atoms with Crippen LogP contribution in [0.3, 0.4) is 0 Å². The maximum atomic E-state index is 12.5. The van der Waals surface area contributed by atoms with E-state index in [2.05, 4.69) is 33.5 Å². The third-order valence-electron chi connectivity index (χ3n) is 5.28. The molecule has 1 aromatic heterocycles. The fraction of sp³-hybridized carbons (Fsp3) is 0.789. The Morgan fingerprint density at radius 1 is 1.04 bits per heavy atom. The number of thiazole rings is 1. The van der Waals surface area contributed by atoms with Crippen LogP contribution in [0.15, 0.2) is 6.20 Å². The van der Waals surface area contributed by atoms with Crippen LogP contribution < -0.4 is 0 Å². The molecule has 3 heterocycles. The number of piperazine rings is 1. The second-order valence-electron chi connectivity index (χ2n) is 7.66. The first-order valence-corrected chi connectivity index (χ1v) is 10.6. The molecule has 2 saturated heterocycles. The molecule has 0 aromatic carbocycles. The molecule has 3 rings (SSSR count). The summed E-state index contributed by atoms with van der Waals surface area (Å²) in [6.45, 7) is 11.9. The first-order chi connectivity index (χ1) is 12.1. The van der Waals surface area contributed by atoms with Crippen molar-refractivity contribution in [2.24, 2.45) is 0 Å². The smallest absolute Gasteiger partial charge is 0.236 e. The molecule has 0 unspecified atom stereocenters. The van der Waals surface area contributed by atoms with Crippen molar-refractivity contribution >= 4 is 17.2 Å². The molecule has 6 heteroatoms. The van der Waals surface area contributed by atoms with Gasteiger partial charge in [-0.15, -0.1) is 11.3 Å². The molecule has 0 N–H and O–H groups in total. The highest BCUT2D eigenvalue weighted by atomic mass is 32.1. The molecule has 1 amide bonds. The number of aromatic nitrogens is 1. The highest BCUT2D eigenvalue weighted by Crippen LogP contribution is 2.23. The van der Waals surface area contributed by atoms with Gasteiger partial charge in [0.1, 0.15) is 5.01 Å². The van der Waals surface area contributed by atoms with Crippen molar-refractivity contribution in [3.63, 3.8) is 0 Å². The summed E-state index contributed by atoms with van der Waals surface area (Å²) in [6, 6.07) is 0. The Kier molecular flexibility index (Phi) is 6.84. The van der Waals surface area contributed by atoms with E-state index < -0.39 is 0 Å². The molecule has 0 saturated carbocycles. The van der Waals surface area contributed by atoms with E-state index in [0.717, 1.165) is 45.8 Å². The third kappa shape index (κ3) is 5.50. The number of hydrogen-bond donors (Lipinski definition) is 0. The molecule has 1 aromatic rings. The van der Waals surface area contributed by atoms with E-state index >= 15 is 0 Å². The van der Waals surface area contributed by atoms with Crippen LogP contribution in [0.5, 0.6) is 0 Å². The van der Waals surface area contributed by atoms with Gasteiger partial charge in [0.2, 0.25) is 5.91 Å². The van der Waals surface area contributed by atoms with Crippen molar-refractivity contribution in [1.29, 1.82) is 0 Å². The van der Waals surface area contributed by atoms with Crippen LogP contribution in [0.4, 0.5) is 0 Å². The van der Waals surface area contributed by atoms with Crippen LogP contribution >= 0.6 is 11.3 Å². The van der Waals surface area contributed by atoms with E-state index in [-0.39, 0.29) is 0 Å². The summed E-state index contributed by atoms with van der Waals surface area (Å²) >= 11 is 1.84. The zero-order valence-corrected chi connectivity index (χ0v) is 16.6. The molecule has 0 aliphatic carbocycles. The summed E-state index contributed by atoms with van der Waals surface area (Å²) in [7, 11) is 0. The van der Waals surface area contributed by atoms with Crippen molar-refractivity contribution in [3.8, 4) is 0 Å². The van der Waals surface area contributed by atoms with Crippen LogP contribution in [0, 0.1) is 0 Å². The Hall–Kier alpha value is -0.980. The molecule has 0 atom stereocenters. The maximum Gasteiger partial charge on any atom is 0.236 e. The predicted octanol–water partition coefficient (Wildman–Crippen LogP) is 2.79. The first-order valence-electron chi connectivity index (χ1n) is 9.79. The van der Waals surface area contributed by atoms with Gasteiger partial charge in [0.15, 0.2) is 0 Å². The maximum absolute atomic E-state index is 12.5. The van der Waals surface area contributed by atoms with Crippen LogP contribution in [-0.4, -0.2) is 71.4 Å². The Morgan fingerprint density at radius 3 is 2.28 bits per heavy atom. The Bertz CT molecular complexity index is 543. The monoisotopic (exact) mass is 364 g/mol. The number of carbonyl (C=O) groups excluding carboxylic acids is 1. The average Bonchev–Trinajstić information content (AvgIpc) is 2.90. The summed E-state index contributed by atoms with van der Waals surface area (Å²) < 4.78 is 0. The molecule has 0 radical (unpaired) electrons. The van der Waals surface area contributed by atoms with Crippen LogP contribution in [0.1, 0.15) is 55.3 Å². The van der Waals surface area contributed by atoms with E-state index in [1.165, 1.54) is 35.6 Å². The number of carbonyl (C=O) groups is 1. The van der Waals surface area contributed by atoms with E-state index in [1.54, 1.807) is 0 Å². The zero-order chi connectivity index (χ0) is 17.6. The summed E-state index contributed by atoms with van der Waals surface area (Å²) in [5.41, 5.74) is 0. The van der Waals surface area contributed by atoms with E-state index in [0.29, 0.717) is 18.4 Å². The highest BCUT2D eigenvalue weighted by Gasteiger charge is 2.23. The average molecular weight is 365 g/mol. The molecule has 2 aliphatic heterocycles. The lowest BCUT2D eigenvalue weighted by atomic mass is 10.2. The second-order valence-corrected chi connectivity index (χ2v) is 8.81. The normalized spacial score (nSPS) is 20.8. The van der Waals surface area contributed by atoms with Crippen LogP contribution in [-0.2, 0) is 11.3 Å². The second kappa shape index (κ2) is 9.10. The van der Waals surface area contributed by atoms with Gasteiger partial charge in [0.25, 0.3) is 0 Å². The van der Waals surface area contributed by atoms with Gasteiger partial charge in [-0.3, -0.25) is 14.6 Å². The molecule has 2 fully saturated rings. The largest absolute Gasteiger partial charge is 0.342 e. The van der Waals surface area contributed by atoms with Gasteiger partial charge in [0.05, 0.1) is 13.1 Å². The third-order valence-corrected chi connectivity index (χ3v) is 6.56. The van der Waals surface area contributed by atoms with Gasteiger partial charge in [-0.1, -0.05) is 26.7 Å².